The summed E-state index contributed by atoms with van der Waals surface area (Å²) in [5, 5.41) is 2.79. The van der Waals surface area contributed by atoms with Crippen molar-refractivity contribution >= 4 is 63.0 Å². The number of fused-ring (bicyclic) bond motifs is 1. The molecular formula is C29H21Cl2NO4S. The van der Waals surface area contributed by atoms with Gasteiger partial charge in [-0.3, -0.25) is 14.5 Å². The van der Waals surface area contributed by atoms with E-state index in [9.17, 15) is 9.59 Å². The molecule has 5 rings (SSSR count). The Morgan fingerprint density at radius 2 is 1.59 bits per heavy atom. The fourth-order valence-electron chi connectivity index (χ4n) is 3.93. The number of halogens is 2. The monoisotopic (exact) mass is 549 g/mol. The standard InChI is InChI=1S/C29H21Cl2NO4S/c30-21-10-12-22(13-11-21)35-16-15-32-28(33)27(37-29(32)34)17-24-23-7-3-1-5-19(23)9-14-26(24)36-18-20-6-2-4-8-25(20)31/h1-14,17H,15-16,18H2/b27-17-. The zero-order valence-electron chi connectivity index (χ0n) is 19.5. The number of rotatable bonds is 8. The largest absolute Gasteiger partial charge is 0.492 e. The summed E-state index contributed by atoms with van der Waals surface area (Å²) in [4.78, 5) is 27.4. The summed E-state index contributed by atoms with van der Waals surface area (Å²) in [6.45, 7) is 0.575. The molecule has 0 spiro atoms. The van der Waals surface area contributed by atoms with Crippen molar-refractivity contribution in [3.05, 3.63) is 111 Å². The van der Waals surface area contributed by atoms with Gasteiger partial charge in [0.1, 0.15) is 24.7 Å². The van der Waals surface area contributed by atoms with Gasteiger partial charge >= 0.3 is 0 Å². The molecule has 4 aromatic carbocycles. The first kappa shape index (κ1) is 25.2. The topological polar surface area (TPSA) is 55.8 Å². The van der Waals surface area contributed by atoms with Gasteiger partial charge in [-0.15, -0.1) is 0 Å². The van der Waals surface area contributed by atoms with E-state index in [1.165, 1.54) is 4.90 Å². The number of hydrogen-bond acceptors (Lipinski definition) is 5. The number of hydrogen-bond donors (Lipinski definition) is 0. The van der Waals surface area contributed by atoms with Crippen LogP contribution < -0.4 is 9.47 Å². The Labute approximate surface area is 228 Å². The molecule has 0 aromatic heterocycles. The molecule has 0 atom stereocenters. The Bertz CT molecular complexity index is 1500. The first-order chi connectivity index (χ1) is 18.0. The summed E-state index contributed by atoms with van der Waals surface area (Å²) in [5.74, 6) is 0.846. The van der Waals surface area contributed by atoms with Crippen molar-refractivity contribution in [2.75, 3.05) is 13.2 Å². The highest BCUT2D eigenvalue weighted by Gasteiger charge is 2.35. The van der Waals surface area contributed by atoms with Gasteiger partial charge in [-0.05, 0) is 65.0 Å². The molecule has 0 bridgehead atoms. The maximum atomic E-state index is 13.2. The van der Waals surface area contributed by atoms with E-state index in [1.807, 2.05) is 60.7 Å². The van der Waals surface area contributed by atoms with E-state index in [4.69, 9.17) is 32.7 Å². The van der Waals surface area contributed by atoms with Crippen molar-refractivity contribution in [3.63, 3.8) is 0 Å². The molecule has 0 radical (unpaired) electrons. The van der Waals surface area contributed by atoms with Crippen LogP contribution in [0.4, 0.5) is 4.79 Å². The third-order valence-electron chi connectivity index (χ3n) is 5.82. The lowest BCUT2D eigenvalue weighted by Crippen LogP contribution is -2.32. The van der Waals surface area contributed by atoms with Crippen molar-refractivity contribution < 1.29 is 19.1 Å². The lowest BCUT2D eigenvalue weighted by Gasteiger charge is -2.14. The van der Waals surface area contributed by atoms with E-state index >= 15 is 0 Å². The van der Waals surface area contributed by atoms with Crippen LogP contribution in [0.3, 0.4) is 0 Å². The van der Waals surface area contributed by atoms with E-state index in [0.717, 1.165) is 33.7 Å². The Balaban J connectivity index is 1.38. The summed E-state index contributed by atoms with van der Waals surface area (Å²) in [5.41, 5.74) is 1.58. The predicted molar refractivity (Wildman–Crippen MR) is 149 cm³/mol. The molecule has 0 N–H and O–H groups in total. The van der Waals surface area contributed by atoms with Crippen molar-refractivity contribution in [2.45, 2.75) is 6.61 Å². The predicted octanol–water partition coefficient (Wildman–Crippen LogP) is 7.84. The summed E-state index contributed by atoms with van der Waals surface area (Å²) < 4.78 is 11.8. The van der Waals surface area contributed by atoms with Crippen molar-refractivity contribution in [2.24, 2.45) is 0 Å². The molecule has 1 fully saturated rings. The van der Waals surface area contributed by atoms with Crippen molar-refractivity contribution in [1.82, 2.24) is 4.90 Å². The second-order valence-electron chi connectivity index (χ2n) is 8.21. The zero-order chi connectivity index (χ0) is 25.8. The fraction of sp³-hybridized carbons (Fsp3) is 0.103. The van der Waals surface area contributed by atoms with Gasteiger partial charge in [0.2, 0.25) is 0 Å². The van der Waals surface area contributed by atoms with Crippen LogP contribution in [0.5, 0.6) is 11.5 Å². The van der Waals surface area contributed by atoms with Gasteiger partial charge in [0.05, 0.1) is 11.4 Å². The number of amides is 2. The average molecular weight is 550 g/mol. The Morgan fingerprint density at radius 3 is 2.41 bits per heavy atom. The summed E-state index contributed by atoms with van der Waals surface area (Å²) in [6, 6.07) is 26.1. The van der Waals surface area contributed by atoms with Crippen molar-refractivity contribution in [3.8, 4) is 11.5 Å². The van der Waals surface area contributed by atoms with E-state index in [-0.39, 0.29) is 30.9 Å². The minimum atomic E-state index is -0.361. The van der Waals surface area contributed by atoms with E-state index in [0.29, 0.717) is 26.4 Å². The Kier molecular flexibility index (Phi) is 7.70. The highest BCUT2D eigenvalue weighted by Crippen LogP contribution is 2.37. The molecule has 37 heavy (non-hydrogen) atoms. The minimum absolute atomic E-state index is 0.135. The second kappa shape index (κ2) is 11.3. The second-order valence-corrected chi connectivity index (χ2v) is 10.1. The number of carbonyl (C=O) groups is 2. The fourth-order valence-corrected chi connectivity index (χ4v) is 5.09. The maximum Gasteiger partial charge on any atom is 0.293 e. The van der Waals surface area contributed by atoms with Crippen LogP contribution in [0, 0.1) is 0 Å². The Morgan fingerprint density at radius 1 is 0.838 bits per heavy atom. The minimum Gasteiger partial charge on any atom is -0.492 e. The normalized spacial score (nSPS) is 14.5. The molecule has 1 saturated heterocycles. The third-order valence-corrected chi connectivity index (χ3v) is 7.35. The molecule has 1 aliphatic heterocycles. The smallest absolute Gasteiger partial charge is 0.293 e. The molecule has 5 nitrogen and oxygen atoms in total. The molecule has 0 unspecified atom stereocenters. The molecule has 4 aromatic rings. The van der Waals surface area contributed by atoms with Crippen LogP contribution in [-0.4, -0.2) is 29.2 Å². The number of thioether (sulfide) groups is 1. The van der Waals surface area contributed by atoms with Gasteiger partial charge in [-0.2, -0.15) is 0 Å². The first-order valence-electron chi connectivity index (χ1n) is 11.5. The van der Waals surface area contributed by atoms with Gasteiger partial charge in [-0.1, -0.05) is 71.7 Å². The number of ether oxygens (including phenoxy) is 2. The van der Waals surface area contributed by atoms with E-state index < -0.39 is 0 Å². The van der Waals surface area contributed by atoms with Crippen LogP contribution in [0.25, 0.3) is 16.8 Å². The average Bonchev–Trinajstić information content (AvgIpc) is 3.17. The van der Waals surface area contributed by atoms with Gasteiger partial charge < -0.3 is 9.47 Å². The molecule has 186 valence electrons. The molecule has 2 amide bonds. The van der Waals surface area contributed by atoms with E-state index in [1.54, 1.807) is 30.3 Å². The van der Waals surface area contributed by atoms with Gasteiger partial charge in [0.15, 0.2) is 0 Å². The van der Waals surface area contributed by atoms with Crippen LogP contribution in [0.1, 0.15) is 11.1 Å². The summed E-state index contributed by atoms with van der Waals surface area (Å²) in [7, 11) is 0. The first-order valence-corrected chi connectivity index (χ1v) is 13.1. The quantitative estimate of drug-likeness (QED) is 0.209. The lowest BCUT2D eigenvalue weighted by molar-refractivity contribution is -0.123. The number of nitrogens with zero attached hydrogens (tertiary/aromatic N) is 1. The van der Waals surface area contributed by atoms with Crippen molar-refractivity contribution in [1.29, 1.82) is 0 Å². The lowest BCUT2D eigenvalue weighted by atomic mass is 10.0. The molecule has 0 aliphatic carbocycles. The number of benzene rings is 4. The molecule has 1 heterocycles. The Hall–Kier alpha value is -3.45. The third kappa shape index (κ3) is 5.77. The number of imide groups is 1. The molecular weight excluding hydrogens is 529 g/mol. The van der Waals surface area contributed by atoms with Crippen LogP contribution in [-0.2, 0) is 11.4 Å². The highest BCUT2D eigenvalue weighted by atomic mass is 35.5. The maximum absolute atomic E-state index is 13.2. The highest BCUT2D eigenvalue weighted by molar-refractivity contribution is 8.18. The van der Waals surface area contributed by atoms with Gasteiger partial charge in [0, 0.05) is 21.2 Å². The van der Waals surface area contributed by atoms with E-state index in [2.05, 4.69) is 0 Å². The van der Waals surface area contributed by atoms with Crippen LogP contribution in [0.15, 0.2) is 89.8 Å². The molecule has 0 saturated carbocycles. The molecule has 8 heteroatoms. The zero-order valence-corrected chi connectivity index (χ0v) is 21.9. The summed E-state index contributed by atoms with van der Waals surface area (Å²) in [6.07, 6.45) is 1.73. The van der Waals surface area contributed by atoms with Crippen LogP contribution in [0.2, 0.25) is 10.0 Å². The number of carbonyl (C=O) groups excluding carboxylic acids is 2. The van der Waals surface area contributed by atoms with Gasteiger partial charge in [-0.25, -0.2) is 0 Å². The van der Waals surface area contributed by atoms with Crippen LogP contribution >= 0.6 is 35.0 Å². The SMILES string of the molecule is O=C1S/C(=C\c2c(OCc3ccccc3Cl)ccc3ccccc23)C(=O)N1CCOc1ccc(Cl)cc1. The van der Waals surface area contributed by atoms with Gasteiger partial charge in [0.25, 0.3) is 11.1 Å². The molecule has 1 aliphatic rings. The summed E-state index contributed by atoms with van der Waals surface area (Å²) >= 11 is 13.1.